The minimum Gasteiger partial charge on any atom is -0.356 e. The monoisotopic (exact) mass is 581 g/mol. The molecule has 3 aromatic rings. The van der Waals surface area contributed by atoms with Gasteiger partial charge in [0.1, 0.15) is 0 Å². The number of benzene rings is 3. The van der Waals surface area contributed by atoms with Crippen molar-refractivity contribution in [3.63, 3.8) is 0 Å². The van der Waals surface area contributed by atoms with E-state index in [2.05, 4.69) is 65.8 Å². The Labute approximate surface area is 259 Å². The van der Waals surface area contributed by atoms with Crippen LogP contribution in [0, 0.1) is 11.8 Å². The topological polar surface area (TPSA) is 61.4 Å². The van der Waals surface area contributed by atoms with Gasteiger partial charge in [-0.1, -0.05) is 118 Å². The number of likely N-dealkylation sites (tertiary alicyclic amines) is 1. The number of rotatable bonds is 16. The Morgan fingerprint density at radius 2 is 1.40 bits per heavy atom. The first-order valence-corrected chi connectivity index (χ1v) is 16.4. The lowest BCUT2D eigenvalue weighted by atomic mass is 9.67. The standard InChI is InChI=1S/C38H51N3O2/c1-3-31(2)29-41-26-16-17-32(30-41)28-40-36(42)24-14-7-15-25-39-37(43)27-38(33-18-8-4-9-19-33,34-20-10-5-11-21-34)35-22-12-6-13-23-35/h4-6,8-13,18-23,31-32H,3,7,14-17,24-30H2,1-2H3,(H,39,43)(H,40,42)/t31?,32-/m1/s1. The molecule has 5 nitrogen and oxygen atoms in total. The molecule has 230 valence electrons. The molecule has 0 aliphatic carbocycles. The Morgan fingerprint density at radius 3 is 1.95 bits per heavy atom. The van der Waals surface area contributed by atoms with Crippen LogP contribution in [0.2, 0.25) is 0 Å². The summed E-state index contributed by atoms with van der Waals surface area (Å²) in [6.45, 7) is 9.45. The quantitative estimate of drug-likeness (QED) is 0.142. The van der Waals surface area contributed by atoms with Crippen molar-refractivity contribution in [3.8, 4) is 0 Å². The van der Waals surface area contributed by atoms with Gasteiger partial charge >= 0.3 is 0 Å². The van der Waals surface area contributed by atoms with Gasteiger partial charge in [-0.05, 0) is 60.8 Å². The fourth-order valence-corrected chi connectivity index (χ4v) is 6.49. The van der Waals surface area contributed by atoms with Gasteiger partial charge in [0.05, 0.1) is 5.41 Å². The summed E-state index contributed by atoms with van der Waals surface area (Å²) in [5, 5.41) is 6.37. The number of carbonyl (C=O) groups excluding carboxylic acids is 2. The molecule has 3 aromatic carbocycles. The maximum atomic E-state index is 13.5. The number of hydrogen-bond donors (Lipinski definition) is 2. The molecule has 2 amide bonds. The summed E-state index contributed by atoms with van der Waals surface area (Å²) in [7, 11) is 0. The fraction of sp³-hybridized carbons (Fsp3) is 0.474. The Kier molecular flexibility index (Phi) is 12.8. The van der Waals surface area contributed by atoms with Gasteiger partial charge in [0, 0.05) is 39.0 Å². The maximum absolute atomic E-state index is 13.5. The van der Waals surface area contributed by atoms with Crippen LogP contribution in [-0.2, 0) is 15.0 Å². The van der Waals surface area contributed by atoms with E-state index in [0.717, 1.165) is 55.0 Å². The number of amides is 2. The predicted molar refractivity (Wildman–Crippen MR) is 177 cm³/mol. The fourth-order valence-electron chi connectivity index (χ4n) is 6.49. The smallest absolute Gasteiger partial charge is 0.221 e. The van der Waals surface area contributed by atoms with Crippen LogP contribution in [0.5, 0.6) is 0 Å². The molecule has 1 saturated heterocycles. The third-order valence-corrected chi connectivity index (χ3v) is 9.09. The van der Waals surface area contributed by atoms with E-state index in [1.165, 1.54) is 32.4 Å². The van der Waals surface area contributed by atoms with Gasteiger partial charge in [0.2, 0.25) is 11.8 Å². The Balaban J connectivity index is 1.23. The van der Waals surface area contributed by atoms with Crippen molar-refractivity contribution in [1.29, 1.82) is 0 Å². The van der Waals surface area contributed by atoms with E-state index in [1.807, 2.05) is 54.6 Å². The molecule has 5 heteroatoms. The zero-order valence-electron chi connectivity index (χ0n) is 26.3. The van der Waals surface area contributed by atoms with Crippen molar-refractivity contribution in [1.82, 2.24) is 15.5 Å². The first kappa shape index (κ1) is 32.5. The molecule has 0 bridgehead atoms. The third kappa shape index (κ3) is 9.53. The Bertz CT molecular complexity index is 1140. The van der Waals surface area contributed by atoms with E-state index < -0.39 is 5.41 Å². The number of unbranched alkanes of at least 4 members (excludes halogenated alkanes) is 2. The average molecular weight is 582 g/mol. The predicted octanol–water partition coefficient (Wildman–Crippen LogP) is 6.96. The second-order valence-corrected chi connectivity index (χ2v) is 12.4. The molecule has 0 aromatic heterocycles. The van der Waals surface area contributed by atoms with Crippen molar-refractivity contribution in [2.75, 3.05) is 32.7 Å². The van der Waals surface area contributed by atoms with Crippen molar-refractivity contribution in [2.45, 2.75) is 70.6 Å². The lowest BCUT2D eigenvalue weighted by molar-refractivity contribution is -0.122. The van der Waals surface area contributed by atoms with Gasteiger partial charge in [-0.2, -0.15) is 0 Å². The summed E-state index contributed by atoms with van der Waals surface area (Å²) < 4.78 is 0. The summed E-state index contributed by atoms with van der Waals surface area (Å²) in [4.78, 5) is 28.6. The van der Waals surface area contributed by atoms with E-state index in [9.17, 15) is 9.59 Å². The Morgan fingerprint density at radius 1 is 0.814 bits per heavy atom. The first-order valence-electron chi connectivity index (χ1n) is 16.4. The minimum atomic E-state index is -0.588. The lowest BCUT2D eigenvalue weighted by Crippen LogP contribution is -2.42. The van der Waals surface area contributed by atoms with Crippen LogP contribution in [0.15, 0.2) is 91.0 Å². The van der Waals surface area contributed by atoms with E-state index in [0.29, 0.717) is 25.3 Å². The molecule has 0 radical (unpaired) electrons. The molecule has 2 atom stereocenters. The van der Waals surface area contributed by atoms with Crippen molar-refractivity contribution < 1.29 is 9.59 Å². The van der Waals surface area contributed by atoms with Crippen molar-refractivity contribution >= 4 is 11.8 Å². The lowest BCUT2D eigenvalue weighted by Gasteiger charge is -2.35. The van der Waals surface area contributed by atoms with Gasteiger partial charge < -0.3 is 15.5 Å². The van der Waals surface area contributed by atoms with E-state index in [1.54, 1.807) is 0 Å². The third-order valence-electron chi connectivity index (χ3n) is 9.09. The summed E-state index contributed by atoms with van der Waals surface area (Å²) in [5.41, 5.74) is 2.72. The normalized spacial score (nSPS) is 16.4. The average Bonchev–Trinajstić information content (AvgIpc) is 3.05. The second-order valence-electron chi connectivity index (χ2n) is 12.4. The van der Waals surface area contributed by atoms with E-state index >= 15 is 0 Å². The van der Waals surface area contributed by atoms with Crippen LogP contribution in [0.4, 0.5) is 0 Å². The van der Waals surface area contributed by atoms with E-state index in [-0.39, 0.29) is 11.8 Å². The second kappa shape index (κ2) is 17.0. The number of hydrogen-bond acceptors (Lipinski definition) is 3. The molecule has 4 rings (SSSR count). The van der Waals surface area contributed by atoms with Crippen LogP contribution in [0.25, 0.3) is 0 Å². The largest absolute Gasteiger partial charge is 0.356 e. The maximum Gasteiger partial charge on any atom is 0.221 e. The van der Waals surface area contributed by atoms with Crippen molar-refractivity contribution in [2.24, 2.45) is 11.8 Å². The van der Waals surface area contributed by atoms with Crippen LogP contribution in [0.3, 0.4) is 0 Å². The van der Waals surface area contributed by atoms with Crippen LogP contribution in [-0.4, -0.2) is 49.4 Å². The Hall–Kier alpha value is -3.44. The SMILES string of the molecule is CCC(C)CN1CCC[C@H](CNC(=O)CCCCCNC(=O)CC(c2ccccc2)(c2ccccc2)c2ccccc2)C1. The minimum absolute atomic E-state index is 0.0316. The highest BCUT2D eigenvalue weighted by molar-refractivity contribution is 5.80. The van der Waals surface area contributed by atoms with Gasteiger partial charge in [0.25, 0.3) is 0 Å². The molecular weight excluding hydrogens is 530 g/mol. The van der Waals surface area contributed by atoms with Crippen LogP contribution >= 0.6 is 0 Å². The molecular formula is C38H51N3O2. The number of carbonyl (C=O) groups is 2. The van der Waals surface area contributed by atoms with Gasteiger partial charge in [0.15, 0.2) is 0 Å². The van der Waals surface area contributed by atoms with Crippen molar-refractivity contribution in [3.05, 3.63) is 108 Å². The summed E-state index contributed by atoms with van der Waals surface area (Å²) in [6.07, 6.45) is 7.15. The summed E-state index contributed by atoms with van der Waals surface area (Å²) >= 11 is 0. The molecule has 1 heterocycles. The molecule has 43 heavy (non-hydrogen) atoms. The highest BCUT2D eigenvalue weighted by atomic mass is 16.2. The molecule has 1 unspecified atom stereocenters. The highest BCUT2D eigenvalue weighted by Gasteiger charge is 2.38. The van der Waals surface area contributed by atoms with Gasteiger partial charge in [-0.3, -0.25) is 9.59 Å². The number of nitrogens with one attached hydrogen (secondary N) is 2. The summed E-state index contributed by atoms with van der Waals surface area (Å²) in [6, 6.07) is 31.0. The molecule has 0 spiro atoms. The number of piperidine rings is 1. The zero-order valence-corrected chi connectivity index (χ0v) is 26.3. The molecule has 1 fully saturated rings. The first-order chi connectivity index (χ1) is 21.0. The van der Waals surface area contributed by atoms with Gasteiger partial charge in [-0.15, -0.1) is 0 Å². The summed E-state index contributed by atoms with van der Waals surface area (Å²) in [5.74, 6) is 1.48. The molecule has 1 aliphatic heterocycles. The molecule has 0 saturated carbocycles. The molecule has 2 N–H and O–H groups in total. The highest BCUT2D eigenvalue weighted by Crippen LogP contribution is 2.42. The number of nitrogens with zero attached hydrogens (tertiary/aromatic N) is 1. The van der Waals surface area contributed by atoms with E-state index in [4.69, 9.17) is 0 Å². The van der Waals surface area contributed by atoms with Crippen LogP contribution in [0.1, 0.15) is 81.9 Å². The van der Waals surface area contributed by atoms with Gasteiger partial charge in [-0.25, -0.2) is 0 Å². The zero-order chi connectivity index (χ0) is 30.3. The van der Waals surface area contributed by atoms with Crippen LogP contribution < -0.4 is 10.6 Å². The molecule has 1 aliphatic rings.